The molecule has 3 rings (SSSR count). The minimum Gasteiger partial charge on any atom is -0.377 e. The van der Waals surface area contributed by atoms with Gasteiger partial charge >= 0.3 is 6.03 Å². The van der Waals surface area contributed by atoms with Crippen LogP contribution in [-0.2, 0) is 11.3 Å². The van der Waals surface area contributed by atoms with E-state index >= 15 is 0 Å². The molecule has 3 heterocycles. The smallest absolute Gasteiger partial charge is 0.318 e. The quantitative estimate of drug-likeness (QED) is 0.925. The first-order valence-corrected chi connectivity index (χ1v) is 8.49. The first-order chi connectivity index (χ1) is 11.1. The molecule has 0 saturated carbocycles. The fourth-order valence-electron chi connectivity index (χ4n) is 3.21. The zero-order chi connectivity index (χ0) is 16.2. The largest absolute Gasteiger partial charge is 0.377 e. The number of rotatable bonds is 3. The Kier molecular flexibility index (Phi) is 5.00. The fourth-order valence-corrected chi connectivity index (χ4v) is 3.21. The number of pyridine rings is 1. The zero-order valence-corrected chi connectivity index (χ0v) is 14.0. The highest BCUT2D eigenvalue weighted by molar-refractivity contribution is 5.74. The lowest BCUT2D eigenvalue weighted by Crippen LogP contribution is -2.51. The second kappa shape index (κ2) is 7.17. The number of ether oxygens (including phenoxy) is 1. The van der Waals surface area contributed by atoms with E-state index < -0.39 is 0 Å². The third-order valence-electron chi connectivity index (χ3n) is 4.56. The van der Waals surface area contributed by atoms with E-state index in [2.05, 4.69) is 16.3 Å². The van der Waals surface area contributed by atoms with Crippen molar-refractivity contribution in [1.29, 1.82) is 0 Å². The van der Waals surface area contributed by atoms with Gasteiger partial charge in [-0.3, -0.25) is 0 Å². The van der Waals surface area contributed by atoms with Crippen LogP contribution >= 0.6 is 0 Å². The van der Waals surface area contributed by atoms with Crippen molar-refractivity contribution >= 4 is 11.8 Å². The molecule has 1 aromatic heterocycles. The predicted octanol–water partition coefficient (Wildman–Crippen LogP) is 1.92. The van der Waals surface area contributed by atoms with Gasteiger partial charge in [-0.25, -0.2) is 9.78 Å². The average Bonchev–Trinajstić information content (AvgIpc) is 3.08. The molecule has 126 valence electrons. The number of hydrogen-bond acceptors (Lipinski definition) is 4. The van der Waals surface area contributed by atoms with E-state index in [0.29, 0.717) is 26.3 Å². The van der Waals surface area contributed by atoms with Gasteiger partial charge in [0.15, 0.2) is 0 Å². The summed E-state index contributed by atoms with van der Waals surface area (Å²) >= 11 is 0. The number of anilines is 1. The van der Waals surface area contributed by atoms with Crippen molar-refractivity contribution in [2.45, 2.75) is 39.3 Å². The third-order valence-corrected chi connectivity index (χ3v) is 4.56. The molecule has 2 aliphatic rings. The Bertz CT molecular complexity index is 558. The maximum atomic E-state index is 12.4. The molecule has 1 atom stereocenters. The van der Waals surface area contributed by atoms with Crippen LogP contribution in [0.2, 0.25) is 0 Å². The van der Waals surface area contributed by atoms with Crippen molar-refractivity contribution in [2.24, 2.45) is 0 Å². The molecule has 6 heteroatoms. The standard InChI is InChI=1S/C17H26N4O2/c1-13-5-6-15(16(19-13)20-7-3-4-8-20)11-18-17(22)21-9-10-23-12-14(21)2/h5-6,14H,3-4,7-12H2,1-2H3,(H,18,22)/t14-/m0/s1. The van der Waals surface area contributed by atoms with Crippen LogP contribution in [0.15, 0.2) is 12.1 Å². The van der Waals surface area contributed by atoms with Gasteiger partial charge in [-0.05, 0) is 32.8 Å². The Labute approximate surface area is 137 Å². The number of morpholine rings is 1. The van der Waals surface area contributed by atoms with E-state index in [9.17, 15) is 4.79 Å². The molecule has 0 spiro atoms. The Morgan fingerprint density at radius 2 is 2.13 bits per heavy atom. The molecule has 0 radical (unpaired) electrons. The number of aryl methyl sites for hydroxylation is 1. The third kappa shape index (κ3) is 3.75. The molecule has 1 aromatic rings. The first-order valence-electron chi connectivity index (χ1n) is 8.49. The van der Waals surface area contributed by atoms with Gasteiger partial charge in [0.1, 0.15) is 5.82 Å². The van der Waals surface area contributed by atoms with Crippen LogP contribution in [0.4, 0.5) is 10.6 Å². The lowest BCUT2D eigenvalue weighted by molar-refractivity contribution is 0.0190. The van der Waals surface area contributed by atoms with E-state index in [0.717, 1.165) is 30.2 Å². The first kappa shape index (κ1) is 16.1. The number of hydrogen-bond donors (Lipinski definition) is 1. The minimum absolute atomic E-state index is 0.0197. The highest BCUT2D eigenvalue weighted by Crippen LogP contribution is 2.23. The molecule has 2 fully saturated rings. The Morgan fingerprint density at radius 3 is 2.87 bits per heavy atom. The Hall–Kier alpha value is -1.82. The number of carbonyl (C=O) groups excluding carboxylic acids is 1. The Balaban J connectivity index is 1.66. The lowest BCUT2D eigenvalue weighted by Gasteiger charge is -2.33. The molecule has 6 nitrogen and oxygen atoms in total. The number of amides is 2. The molecule has 0 bridgehead atoms. The van der Waals surface area contributed by atoms with Crippen molar-refractivity contribution in [3.05, 3.63) is 23.4 Å². The molecule has 0 unspecified atom stereocenters. The van der Waals surface area contributed by atoms with Crippen molar-refractivity contribution in [1.82, 2.24) is 15.2 Å². The average molecular weight is 318 g/mol. The Morgan fingerprint density at radius 1 is 1.35 bits per heavy atom. The number of aromatic nitrogens is 1. The zero-order valence-electron chi connectivity index (χ0n) is 14.0. The molecule has 2 aliphatic heterocycles. The summed E-state index contributed by atoms with van der Waals surface area (Å²) in [6, 6.07) is 4.20. The van der Waals surface area contributed by atoms with Gasteiger partial charge in [0.05, 0.1) is 19.3 Å². The van der Waals surface area contributed by atoms with E-state index in [4.69, 9.17) is 9.72 Å². The molecule has 0 aromatic carbocycles. The van der Waals surface area contributed by atoms with E-state index in [1.54, 1.807) is 0 Å². The van der Waals surface area contributed by atoms with E-state index in [1.807, 2.05) is 24.8 Å². The summed E-state index contributed by atoms with van der Waals surface area (Å²) in [7, 11) is 0. The van der Waals surface area contributed by atoms with Crippen LogP contribution in [0.3, 0.4) is 0 Å². The maximum Gasteiger partial charge on any atom is 0.318 e. The summed E-state index contributed by atoms with van der Waals surface area (Å²) in [5.74, 6) is 1.03. The van der Waals surface area contributed by atoms with Crippen LogP contribution < -0.4 is 10.2 Å². The molecule has 23 heavy (non-hydrogen) atoms. The van der Waals surface area contributed by atoms with Gasteiger partial charge in [0.25, 0.3) is 0 Å². The topological polar surface area (TPSA) is 57.7 Å². The van der Waals surface area contributed by atoms with Gasteiger partial charge < -0.3 is 19.9 Å². The molecule has 2 saturated heterocycles. The SMILES string of the molecule is Cc1ccc(CNC(=O)N2CCOC[C@@H]2C)c(N2CCCC2)n1. The number of nitrogens with zero attached hydrogens (tertiary/aromatic N) is 3. The molecule has 0 aliphatic carbocycles. The number of nitrogens with one attached hydrogen (secondary N) is 1. The molecule has 2 amide bonds. The summed E-state index contributed by atoms with van der Waals surface area (Å²) in [6.45, 7) is 8.52. The summed E-state index contributed by atoms with van der Waals surface area (Å²) in [5, 5.41) is 3.05. The lowest BCUT2D eigenvalue weighted by atomic mass is 10.2. The van der Waals surface area contributed by atoms with Crippen molar-refractivity contribution in [3.8, 4) is 0 Å². The summed E-state index contributed by atoms with van der Waals surface area (Å²) in [6.07, 6.45) is 2.43. The number of urea groups is 1. The molecular formula is C17H26N4O2. The molecule has 1 N–H and O–H groups in total. The summed E-state index contributed by atoms with van der Waals surface area (Å²) in [5.41, 5.74) is 2.11. The van der Waals surface area contributed by atoms with Gasteiger partial charge in [0, 0.05) is 37.4 Å². The monoisotopic (exact) mass is 318 g/mol. The van der Waals surface area contributed by atoms with Crippen LogP contribution in [-0.4, -0.2) is 54.8 Å². The van der Waals surface area contributed by atoms with E-state index in [-0.39, 0.29) is 12.1 Å². The van der Waals surface area contributed by atoms with Gasteiger partial charge in [0.2, 0.25) is 0 Å². The van der Waals surface area contributed by atoms with Crippen LogP contribution in [0.5, 0.6) is 0 Å². The van der Waals surface area contributed by atoms with Crippen LogP contribution in [0, 0.1) is 6.92 Å². The minimum atomic E-state index is -0.0197. The van der Waals surface area contributed by atoms with Crippen molar-refractivity contribution < 1.29 is 9.53 Å². The van der Waals surface area contributed by atoms with Crippen LogP contribution in [0.25, 0.3) is 0 Å². The maximum absolute atomic E-state index is 12.4. The predicted molar refractivity (Wildman–Crippen MR) is 89.6 cm³/mol. The van der Waals surface area contributed by atoms with E-state index in [1.165, 1.54) is 12.8 Å². The highest BCUT2D eigenvalue weighted by Gasteiger charge is 2.24. The summed E-state index contributed by atoms with van der Waals surface area (Å²) in [4.78, 5) is 21.3. The van der Waals surface area contributed by atoms with Crippen LogP contribution in [0.1, 0.15) is 31.0 Å². The van der Waals surface area contributed by atoms with Gasteiger partial charge in [-0.15, -0.1) is 0 Å². The summed E-state index contributed by atoms with van der Waals surface area (Å²) < 4.78 is 5.39. The van der Waals surface area contributed by atoms with Gasteiger partial charge in [-0.2, -0.15) is 0 Å². The number of carbonyl (C=O) groups is 1. The van der Waals surface area contributed by atoms with Crippen molar-refractivity contribution in [3.63, 3.8) is 0 Å². The second-order valence-electron chi connectivity index (χ2n) is 6.41. The van der Waals surface area contributed by atoms with Crippen molar-refractivity contribution in [2.75, 3.05) is 37.7 Å². The molecular weight excluding hydrogens is 292 g/mol. The highest BCUT2D eigenvalue weighted by atomic mass is 16.5. The second-order valence-corrected chi connectivity index (χ2v) is 6.41. The van der Waals surface area contributed by atoms with Gasteiger partial charge in [-0.1, -0.05) is 6.07 Å². The normalized spacial score (nSPS) is 21.6. The fraction of sp³-hybridized carbons (Fsp3) is 0.647.